The first-order valence-corrected chi connectivity index (χ1v) is 6.41. The lowest BCUT2D eigenvalue weighted by Gasteiger charge is -2.21. The molecule has 1 rings (SSSR count). The van der Waals surface area contributed by atoms with Gasteiger partial charge >= 0.3 is 0 Å². The number of hydrogen-bond donors (Lipinski definition) is 1. The maximum atomic E-state index is 11.8. The largest absolute Gasteiger partial charge is 0.341 e. The summed E-state index contributed by atoms with van der Waals surface area (Å²) in [7, 11) is 1.86. The number of likely N-dealkylation sites (N-methyl/N-ethyl adjacent to an activating group) is 1. The molecule has 16 heavy (non-hydrogen) atoms. The summed E-state index contributed by atoms with van der Waals surface area (Å²) in [4.78, 5) is 16.2. The summed E-state index contributed by atoms with van der Waals surface area (Å²) in [5.41, 5.74) is 0. The van der Waals surface area contributed by atoms with E-state index in [0.29, 0.717) is 0 Å². The van der Waals surface area contributed by atoms with Crippen molar-refractivity contribution in [2.45, 2.75) is 32.7 Å². The van der Waals surface area contributed by atoms with Crippen molar-refractivity contribution in [3.05, 3.63) is 0 Å². The van der Waals surface area contributed by atoms with Crippen LogP contribution in [0.2, 0.25) is 0 Å². The topological polar surface area (TPSA) is 35.6 Å². The highest BCUT2D eigenvalue weighted by atomic mass is 16.2. The van der Waals surface area contributed by atoms with Gasteiger partial charge in [-0.25, -0.2) is 0 Å². The fraction of sp³-hybridized carbons (Fsp3) is 0.917. The van der Waals surface area contributed by atoms with Crippen molar-refractivity contribution in [1.29, 1.82) is 0 Å². The highest BCUT2D eigenvalue weighted by Crippen LogP contribution is 2.11. The molecule has 0 radical (unpaired) electrons. The Bertz CT molecular complexity index is 216. The molecule has 1 aliphatic rings. The lowest BCUT2D eigenvalue weighted by molar-refractivity contribution is -0.129. The van der Waals surface area contributed by atoms with Crippen LogP contribution >= 0.6 is 0 Å². The summed E-state index contributed by atoms with van der Waals surface area (Å²) >= 11 is 0. The van der Waals surface area contributed by atoms with Gasteiger partial charge in [-0.2, -0.15) is 0 Å². The van der Waals surface area contributed by atoms with Crippen molar-refractivity contribution >= 4 is 5.91 Å². The van der Waals surface area contributed by atoms with E-state index in [2.05, 4.69) is 24.1 Å². The first-order chi connectivity index (χ1) is 7.72. The molecule has 0 aliphatic carbocycles. The van der Waals surface area contributed by atoms with Gasteiger partial charge in [0.25, 0.3) is 0 Å². The normalized spacial score (nSPS) is 21.1. The summed E-state index contributed by atoms with van der Waals surface area (Å²) < 4.78 is 0. The van der Waals surface area contributed by atoms with Crippen LogP contribution in [0.25, 0.3) is 0 Å². The molecule has 1 amide bonds. The minimum Gasteiger partial charge on any atom is -0.341 e. The Morgan fingerprint density at radius 1 is 1.44 bits per heavy atom. The molecule has 1 heterocycles. The van der Waals surface area contributed by atoms with Crippen LogP contribution in [0.15, 0.2) is 0 Å². The average Bonchev–Trinajstić information content (AvgIpc) is 2.66. The van der Waals surface area contributed by atoms with Crippen LogP contribution in [0, 0.1) is 0 Å². The van der Waals surface area contributed by atoms with E-state index in [9.17, 15) is 4.79 Å². The van der Waals surface area contributed by atoms with Gasteiger partial charge in [-0.15, -0.1) is 0 Å². The predicted molar refractivity (Wildman–Crippen MR) is 66.4 cm³/mol. The van der Waals surface area contributed by atoms with Crippen LogP contribution in [0.4, 0.5) is 0 Å². The molecule has 0 saturated carbocycles. The number of likely N-dealkylation sites (tertiary alicyclic amines) is 1. The van der Waals surface area contributed by atoms with Gasteiger partial charge in [0.2, 0.25) is 5.91 Å². The molecule has 0 spiro atoms. The van der Waals surface area contributed by atoms with Crippen LogP contribution in [0.1, 0.15) is 26.7 Å². The smallest absolute Gasteiger partial charge is 0.239 e. The number of nitrogens with zero attached hydrogens (tertiary/aromatic N) is 2. The van der Waals surface area contributed by atoms with Gasteiger partial charge in [-0.05, 0) is 39.5 Å². The molecule has 0 aromatic heterocycles. The van der Waals surface area contributed by atoms with Gasteiger partial charge in [-0.3, -0.25) is 4.79 Å². The lowest BCUT2D eigenvalue weighted by atomic mass is 10.2. The van der Waals surface area contributed by atoms with E-state index >= 15 is 0 Å². The quantitative estimate of drug-likeness (QED) is 0.689. The standard InChI is InChI=1S/C12H25N3O/c1-4-14(5-2)8-6-9-15-10-7-11(13-3)12(15)16/h11,13H,4-10H2,1-3H3. The lowest BCUT2D eigenvalue weighted by Crippen LogP contribution is -2.37. The molecule has 1 N–H and O–H groups in total. The van der Waals surface area contributed by atoms with Gasteiger partial charge in [0.15, 0.2) is 0 Å². The molecule has 0 aromatic carbocycles. The number of carbonyl (C=O) groups is 1. The van der Waals surface area contributed by atoms with E-state index in [0.717, 1.165) is 45.6 Å². The first kappa shape index (κ1) is 13.5. The average molecular weight is 227 g/mol. The van der Waals surface area contributed by atoms with Gasteiger partial charge in [0, 0.05) is 13.1 Å². The van der Waals surface area contributed by atoms with Crippen molar-refractivity contribution in [3.63, 3.8) is 0 Å². The van der Waals surface area contributed by atoms with Crippen LogP contribution in [-0.2, 0) is 4.79 Å². The highest BCUT2D eigenvalue weighted by Gasteiger charge is 2.29. The summed E-state index contributed by atoms with van der Waals surface area (Å²) in [5, 5.41) is 3.06. The highest BCUT2D eigenvalue weighted by molar-refractivity contribution is 5.83. The number of carbonyl (C=O) groups excluding carboxylic acids is 1. The van der Waals surface area contributed by atoms with Gasteiger partial charge in [0.05, 0.1) is 6.04 Å². The molecule has 4 heteroatoms. The molecule has 1 saturated heterocycles. The van der Waals surface area contributed by atoms with E-state index in [1.807, 2.05) is 11.9 Å². The minimum absolute atomic E-state index is 0.0634. The van der Waals surface area contributed by atoms with Crippen molar-refractivity contribution in [2.24, 2.45) is 0 Å². The molecule has 1 atom stereocenters. The maximum Gasteiger partial charge on any atom is 0.239 e. The Labute approximate surface area is 99.0 Å². The molecular weight excluding hydrogens is 202 g/mol. The van der Waals surface area contributed by atoms with Crippen LogP contribution in [0.3, 0.4) is 0 Å². The minimum atomic E-state index is 0.0634. The van der Waals surface area contributed by atoms with E-state index in [-0.39, 0.29) is 11.9 Å². The second-order valence-corrected chi connectivity index (χ2v) is 4.34. The Morgan fingerprint density at radius 2 is 2.12 bits per heavy atom. The summed E-state index contributed by atoms with van der Waals surface area (Å²) in [5.74, 6) is 0.280. The molecule has 4 nitrogen and oxygen atoms in total. The molecular formula is C12H25N3O. The molecule has 1 unspecified atom stereocenters. The van der Waals surface area contributed by atoms with Crippen LogP contribution < -0.4 is 5.32 Å². The van der Waals surface area contributed by atoms with Crippen molar-refractivity contribution in [2.75, 3.05) is 39.8 Å². The summed E-state index contributed by atoms with van der Waals surface area (Å²) in [6.45, 7) is 9.49. The zero-order chi connectivity index (χ0) is 12.0. The number of amides is 1. The van der Waals surface area contributed by atoms with Gasteiger partial charge in [-0.1, -0.05) is 13.8 Å². The Balaban J connectivity index is 2.21. The summed E-state index contributed by atoms with van der Waals surface area (Å²) in [6, 6.07) is 0.0634. The Morgan fingerprint density at radius 3 is 2.62 bits per heavy atom. The predicted octanol–water partition coefficient (Wildman–Crippen LogP) is 0.539. The zero-order valence-corrected chi connectivity index (χ0v) is 10.8. The number of nitrogens with one attached hydrogen (secondary N) is 1. The van der Waals surface area contributed by atoms with E-state index in [4.69, 9.17) is 0 Å². The second-order valence-electron chi connectivity index (χ2n) is 4.34. The van der Waals surface area contributed by atoms with E-state index in [1.54, 1.807) is 0 Å². The molecule has 94 valence electrons. The van der Waals surface area contributed by atoms with Crippen molar-refractivity contribution < 1.29 is 4.79 Å². The van der Waals surface area contributed by atoms with Crippen LogP contribution in [-0.4, -0.2) is 61.5 Å². The van der Waals surface area contributed by atoms with Gasteiger partial charge in [0.1, 0.15) is 0 Å². The van der Waals surface area contributed by atoms with E-state index in [1.165, 1.54) is 0 Å². The zero-order valence-electron chi connectivity index (χ0n) is 10.8. The fourth-order valence-electron chi connectivity index (χ4n) is 2.25. The van der Waals surface area contributed by atoms with Crippen molar-refractivity contribution in [3.8, 4) is 0 Å². The Hall–Kier alpha value is -0.610. The molecule has 0 aromatic rings. The number of hydrogen-bond acceptors (Lipinski definition) is 3. The molecule has 0 bridgehead atoms. The van der Waals surface area contributed by atoms with Crippen molar-refractivity contribution in [1.82, 2.24) is 15.1 Å². The maximum absolute atomic E-state index is 11.8. The van der Waals surface area contributed by atoms with Crippen LogP contribution in [0.5, 0.6) is 0 Å². The third-order valence-corrected chi connectivity index (χ3v) is 3.44. The molecule has 1 aliphatic heterocycles. The van der Waals surface area contributed by atoms with Gasteiger partial charge < -0.3 is 15.1 Å². The third kappa shape index (κ3) is 3.46. The molecule has 1 fully saturated rings. The van der Waals surface area contributed by atoms with E-state index < -0.39 is 0 Å². The number of rotatable bonds is 7. The monoisotopic (exact) mass is 227 g/mol. The summed E-state index contributed by atoms with van der Waals surface area (Å²) in [6.07, 6.45) is 2.05. The third-order valence-electron chi connectivity index (χ3n) is 3.44. The second kappa shape index (κ2) is 6.86. The Kier molecular flexibility index (Phi) is 5.77. The first-order valence-electron chi connectivity index (χ1n) is 6.41. The fourth-order valence-corrected chi connectivity index (χ4v) is 2.25. The SMILES string of the molecule is CCN(CC)CCCN1CCC(NC)C1=O.